The number of anilines is 3. The lowest BCUT2D eigenvalue weighted by molar-refractivity contribution is 0.748. The summed E-state index contributed by atoms with van der Waals surface area (Å²) < 4.78 is 5.13. The Morgan fingerprint density at radius 2 is 1.08 bits per heavy atom. The molecule has 0 radical (unpaired) electrons. The summed E-state index contributed by atoms with van der Waals surface area (Å²) in [5.41, 5.74) is 14.7. The summed E-state index contributed by atoms with van der Waals surface area (Å²) in [6, 6.07) is 67.7. The van der Waals surface area contributed by atoms with Crippen LogP contribution < -0.4 is 4.90 Å². The predicted octanol–water partition coefficient (Wildman–Crippen LogP) is 13.3. The van der Waals surface area contributed by atoms with E-state index in [9.17, 15) is 0 Å². The summed E-state index contributed by atoms with van der Waals surface area (Å²) in [4.78, 5) is 2.47. The molecule has 3 heterocycles. The molecule has 0 amide bonds. The number of benzene rings is 8. The van der Waals surface area contributed by atoms with E-state index in [0.717, 1.165) is 11.4 Å². The molecule has 1 spiro atoms. The number of nitrogens with zero attached hydrogens (tertiary/aromatic N) is 2. The summed E-state index contributed by atoms with van der Waals surface area (Å²) in [5.74, 6) is 0. The SMILES string of the molecule is c1ccc(N(c2ccc3c(c2)C2(c4ccccc4-c4ccccc42)c2cccc4c5ccccc5n-3c24)c2cccc3c2sc2ccccc23)cc1. The highest BCUT2D eigenvalue weighted by atomic mass is 32.1. The molecule has 3 heteroatoms. The highest BCUT2D eigenvalue weighted by Gasteiger charge is 2.51. The Kier molecular flexibility index (Phi) is 5.62. The van der Waals surface area contributed by atoms with Gasteiger partial charge < -0.3 is 9.47 Å². The maximum atomic E-state index is 2.54. The smallest absolute Gasteiger partial charge is 0.0755 e. The van der Waals surface area contributed by atoms with E-state index < -0.39 is 5.41 Å². The second-order valence-electron chi connectivity index (χ2n) is 14.0. The molecule has 12 rings (SSSR count). The number of hydrogen-bond acceptors (Lipinski definition) is 2. The van der Waals surface area contributed by atoms with E-state index in [2.05, 4.69) is 191 Å². The molecule has 1 aliphatic carbocycles. The molecule has 0 saturated heterocycles. The van der Waals surface area contributed by atoms with Crippen LogP contribution in [0, 0.1) is 0 Å². The Balaban J connectivity index is 1.23. The number of para-hydroxylation sites is 3. The Morgan fingerprint density at radius 3 is 1.90 bits per heavy atom. The van der Waals surface area contributed by atoms with Crippen molar-refractivity contribution in [3.8, 4) is 16.8 Å². The molecule has 0 atom stereocenters. The third-order valence-electron chi connectivity index (χ3n) is 11.6. The molecule has 0 bridgehead atoms. The van der Waals surface area contributed by atoms with E-state index in [4.69, 9.17) is 0 Å². The van der Waals surface area contributed by atoms with Gasteiger partial charge in [0, 0.05) is 37.6 Å². The summed E-state index contributed by atoms with van der Waals surface area (Å²) in [7, 11) is 0. The molecule has 2 aromatic heterocycles. The molecule has 242 valence electrons. The van der Waals surface area contributed by atoms with E-state index in [0.29, 0.717) is 0 Å². The number of thiophene rings is 1. The Bertz CT molecular complexity index is 3050. The first-order chi connectivity index (χ1) is 25.8. The minimum atomic E-state index is -0.506. The standard InChI is InChI=1S/C49H30N2S/c1-2-14-31(15-3-1)50(45-26-13-21-38-36-19-7-11-27-46(36)52-48(38)45)32-28-29-44-42(30-32)49(39-22-8-4-16-33(39)34-17-5-9-23-40(34)49)41-24-12-20-37-35-18-6-10-25-43(35)51(44)47(37)41/h1-30H. The van der Waals surface area contributed by atoms with Crippen LogP contribution in [0.5, 0.6) is 0 Å². The van der Waals surface area contributed by atoms with E-state index in [-0.39, 0.29) is 0 Å². The van der Waals surface area contributed by atoms with Gasteiger partial charge in [0.2, 0.25) is 0 Å². The van der Waals surface area contributed by atoms with Crippen LogP contribution in [0.25, 0.3) is 58.8 Å². The van der Waals surface area contributed by atoms with Crippen molar-refractivity contribution in [1.82, 2.24) is 4.57 Å². The average Bonchev–Trinajstić information content (AvgIpc) is 3.86. The summed E-state index contributed by atoms with van der Waals surface area (Å²) in [5, 5.41) is 5.18. The zero-order valence-electron chi connectivity index (χ0n) is 28.1. The lowest BCUT2D eigenvalue weighted by Gasteiger charge is -2.40. The van der Waals surface area contributed by atoms with Gasteiger partial charge in [0.25, 0.3) is 0 Å². The van der Waals surface area contributed by atoms with Gasteiger partial charge in [-0.15, -0.1) is 11.3 Å². The number of fused-ring (bicyclic) bond motifs is 15. The van der Waals surface area contributed by atoms with Gasteiger partial charge in [0.15, 0.2) is 0 Å². The fourth-order valence-corrected chi connectivity index (χ4v) is 10.8. The predicted molar refractivity (Wildman–Crippen MR) is 219 cm³/mol. The Labute approximate surface area is 305 Å². The first-order valence-electron chi connectivity index (χ1n) is 17.9. The minimum absolute atomic E-state index is 0.506. The van der Waals surface area contributed by atoms with Crippen molar-refractivity contribution >= 4 is 70.4 Å². The van der Waals surface area contributed by atoms with Crippen molar-refractivity contribution in [3.05, 3.63) is 204 Å². The maximum Gasteiger partial charge on any atom is 0.0755 e. The molecule has 2 aliphatic rings. The van der Waals surface area contributed by atoms with Crippen molar-refractivity contribution in [3.63, 3.8) is 0 Å². The number of hydrogen-bond donors (Lipinski definition) is 0. The first-order valence-corrected chi connectivity index (χ1v) is 18.8. The zero-order chi connectivity index (χ0) is 34.0. The normalized spacial score (nSPS) is 13.5. The van der Waals surface area contributed by atoms with Crippen molar-refractivity contribution < 1.29 is 0 Å². The first kappa shape index (κ1) is 28.3. The highest BCUT2D eigenvalue weighted by Crippen LogP contribution is 2.61. The van der Waals surface area contributed by atoms with E-state index in [1.54, 1.807) is 0 Å². The van der Waals surface area contributed by atoms with Gasteiger partial charge >= 0.3 is 0 Å². The lowest BCUT2D eigenvalue weighted by atomic mass is 9.65. The molecule has 10 aromatic rings. The number of rotatable bonds is 3. The van der Waals surface area contributed by atoms with E-state index >= 15 is 0 Å². The zero-order valence-corrected chi connectivity index (χ0v) is 28.9. The summed E-state index contributed by atoms with van der Waals surface area (Å²) in [6.45, 7) is 0. The fraction of sp³-hybridized carbons (Fsp3) is 0.0204. The van der Waals surface area contributed by atoms with Gasteiger partial charge in [0.05, 0.1) is 32.5 Å². The molecule has 0 fully saturated rings. The molecule has 0 saturated carbocycles. The van der Waals surface area contributed by atoms with Crippen LogP contribution in [0.2, 0.25) is 0 Å². The van der Waals surface area contributed by atoms with Gasteiger partial charge in [0.1, 0.15) is 0 Å². The van der Waals surface area contributed by atoms with Gasteiger partial charge in [-0.05, 0) is 81.9 Å². The summed E-state index contributed by atoms with van der Waals surface area (Å²) in [6.07, 6.45) is 0. The molecule has 1 aliphatic heterocycles. The molecule has 0 N–H and O–H groups in total. The Hall–Kier alpha value is -6.42. The van der Waals surface area contributed by atoms with Crippen LogP contribution in [0.15, 0.2) is 182 Å². The van der Waals surface area contributed by atoms with Gasteiger partial charge in [-0.3, -0.25) is 0 Å². The Morgan fingerprint density at radius 1 is 0.442 bits per heavy atom. The molecular formula is C49H30N2S. The molecule has 2 nitrogen and oxygen atoms in total. The molecule has 8 aromatic carbocycles. The van der Waals surface area contributed by atoms with Gasteiger partial charge in [-0.2, -0.15) is 0 Å². The van der Waals surface area contributed by atoms with Crippen LogP contribution in [0.3, 0.4) is 0 Å². The highest BCUT2D eigenvalue weighted by molar-refractivity contribution is 7.26. The van der Waals surface area contributed by atoms with Crippen LogP contribution in [0.4, 0.5) is 17.1 Å². The van der Waals surface area contributed by atoms with Crippen LogP contribution in [-0.2, 0) is 5.41 Å². The summed E-state index contributed by atoms with van der Waals surface area (Å²) >= 11 is 1.88. The van der Waals surface area contributed by atoms with Crippen molar-refractivity contribution in [2.24, 2.45) is 0 Å². The minimum Gasteiger partial charge on any atom is -0.309 e. The van der Waals surface area contributed by atoms with Crippen molar-refractivity contribution in [2.45, 2.75) is 5.41 Å². The monoisotopic (exact) mass is 678 g/mol. The van der Waals surface area contributed by atoms with Crippen molar-refractivity contribution in [1.29, 1.82) is 0 Å². The van der Waals surface area contributed by atoms with Crippen molar-refractivity contribution in [2.75, 3.05) is 4.90 Å². The molecule has 52 heavy (non-hydrogen) atoms. The number of aromatic nitrogens is 1. The topological polar surface area (TPSA) is 8.17 Å². The second kappa shape index (κ2) is 10.3. The fourth-order valence-electron chi connectivity index (χ4n) is 9.60. The van der Waals surface area contributed by atoms with Crippen LogP contribution in [-0.4, -0.2) is 4.57 Å². The maximum absolute atomic E-state index is 2.54. The third kappa shape index (κ3) is 3.48. The third-order valence-corrected chi connectivity index (χ3v) is 12.8. The lowest BCUT2D eigenvalue weighted by Crippen LogP contribution is -2.33. The van der Waals surface area contributed by atoms with Crippen LogP contribution in [0.1, 0.15) is 22.3 Å². The van der Waals surface area contributed by atoms with E-state index in [1.165, 1.54) is 86.7 Å². The van der Waals surface area contributed by atoms with Gasteiger partial charge in [-0.25, -0.2) is 0 Å². The quantitative estimate of drug-likeness (QED) is 0.181. The van der Waals surface area contributed by atoms with E-state index in [1.807, 2.05) is 11.3 Å². The largest absolute Gasteiger partial charge is 0.309 e. The average molecular weight is 679 g/mol. The molecular weight excluding hydrogens is 649 g/mol. The second-order valence-corrected chi connectivity index (χ2v) is 15.1. The van der Waals surface area contributed by atoms with Gasteiger partial charge in [-0.1, -0.05) is 133 Å². The van der Waals surface area contributed by atoms with Crippen LogP contribution >= 0.6 is 11.3 Å². The molecule has 0 unspecified atom stereocenters.